The Morgan fingerprint density at radius 3 is 1.86 bits per heavy atom. The first kappa shape index (κ1) is 16.4. The quantitative estimate of drug-likeness (QED) is 0.296. The summed E-state index contributed by atoms with van der Waals surface area (Å²) in [5, 5.41) is 53.4. The summed E-state index contributed by atoms with van der Waals surface area (Å²) in [4.78, 5) is 9.98. The van der Waals surface area contributed by atoms with Crippen LogP contribution in [0.1, 0.15) is 0 Å². The van der Waals surface area contributed by atoms with Gasteiger partial charge in [-0.3, -0.25) is 0 Å². The second-order valence-electron chi connectivity index (χ2n) is 2.49. The van der Waals surface area contributed by atoms with Gasteiger partial charge in [0.05, 0.1) is 12.6 Å². The molecule has 88 valence electrons. The number of carbonyl (C=O) groups is 1. The van der Waals surface area contributed by atoms with Crippen LogP contribution in [0.25, 0.3) is 0 Å². The van der Waals surface area contributed by atoms with Gasteiger partial charge in [0, 0.05) is 0 Å². The molecular formula is C6H11AuO7. The minimum Gasteiger partial charge on any atom is -0.547 e. The number of aliphatic hydroxyl groups is 5. The number of carbonyl (C=O) groups excluding carboxylic acids is 1. The van der Waals surface area contributed by atoms with Gasteiger partial charge in [0.15, 0.2) is 0 Å². The van der Waals surface area contributed by atoms with E-state index < -0.39 is 37.0 Å². The molecule has 4 atom stereocenters. The molecule has 0 aromatic rings. The topological polar surface area (TPSA) is 141 Å². The zero-order chi connectivity index (χ0) is 10.6. The van der Waals surface area contributed by atoms with Gasteiger partial charge < -0.3 is 35.4 Å². The Hall–Kier alpha value is 0.0103. The molecule has 0 unspecified atom stereocenters. The Balaban J connectivity index is 0. The Bertz CT molecular complexity index is 176. The van der Waals surface area contributed by atoms with Crippen LogP contribution in [0.15, 0.2) is 0 Å². The minimum atomic E-state index is -2.31. The first-order valence-electron chi connectivity index (χ1n) is 3.45. The zero-order valence-corrected chi connectivity index (χ0v) is 9.04. The van der Waals surface area contributed by atoms with Crippen molar-refractivity contribution in [2.45, 2.75) is 24.4 Å². The summed E-state index contributed by atoms with van der Waals surface area (Å²) < 4.78 is 0. The van der Waals surface area contributed by atoms with Gasteiger partial charge in [-0.2, -0.15) is 0 Å². The van der Waals surface area contributed by atoms with E-state index in [4.69, 9.17) is 25.5 Å². The fraction of sp³-hybridized carbons (Fsp3) is 0.833. The molecule has 0 saturated heterocycles. The number of carboxylic acid groups (broad SMARTS) is 1. The molecule has 0 aliphatic heterocycles. The van der Waals surface area contributed by atoms with Crippen molar-refractivity contribution in [3.63, 3.8) is 0 Å². The molecule has 0 bridgehead atoms. The molecule has 0 aliphatic rings. The molecule has 0 aliphatic carbocycles. The maximum Gasteiger partial charge on any atom is 1.00 e. The van der Waals surface area contributed by atoms with E-state index >= 15 is 0 Å². The van der Waals surface area contributed by atoms with Crippen molar-refractivity contribution >= 4 is 5.97 Å². The van der Waals surface area contributed by atoms with Crippen molar-refractivity contribution in [2.24, 2.45) is 0 Å². The van der Waals surface area contributed by atoms with Gasteiger partial charge in [0.2, 0.25) is 0 Å². The fourth-order valence-electron chi connectivity index (χ4n) is 0.662. The predicted molar refractivity (Wildman–Crippen MR) is 36.1 cm³/mol. The van der Waals surface area contributed by atoms with Crippen LogP contribution in [0.3, 0.4) is 0 Å². The standard InChI is InChI=1S/C6H12O7.Au/c7-1-2(8)3(9)4(10)5(11)6(12)13;/h2-5,7-11H,1H2,(H,12,13);/q;+1/p-1/t2-,3-,4+,5-;/m1./s1. The minimum absolute atomic E-state index is 0. The largest absolute Gasteiger partial charge is 1.00 e. The second-order valence-corrected chi connectivity index (χ2v) is 2.49. The van der Waals surface area contributed by atoms with Crippen molar-refractivity contribution < 1.29 is 57.8 Å². The molecule has 14 heavy (non-hydrogen) atoms. The zero-order valence-electron chi connectivity index (χ0n) is 6.87. The molecule has 0 fully saturated rings. The molecule has 7 nitrogen and oxygen atoms in total. The average molecular weight is 392 g/mol. The summed E-state index contributed by atoms with van der Waals surface area (Å²) >= 11 is 0. The van der Waals surface area contributed by atoms with Crippen molar-refractivity contribution in [3.8, 4) is 0 Å². The number of aliphatic carboxylic acids is 1. The van der Waals surface area contributed by atoms with E-state index in [0.717, 1.165) is 0 Å². The van der Waals surface area contributed by atoms with E-state index in [-0.39, 0.29) is 22.4 Å². The van der Waals surface area contributed by atoms with E-state index in [9.17, 15) is 9.90 Å². The van der Waals surface area contributed by atoms with Crippen LogP contribution in [0.4, 0.5) is 0 Å². The monoisotopic (exact) mass is 392 g/mol. The van der Waals surface area contributed by atoms with E-state index in [2.05, 4.69) is 0 Å². The second kappa shape index (κ2) is 7.32. The van der Waals surface area contributed by atoms with Crippen LogP contribution >= 0.6 is 0 Å². The van der Waals surface area contributed by atoms with Crippen molar-refractivity contribution in [1.82, 2.24) is 0 Å². The Kier molecular flexibility index (Phi) is 8.60. The number of hydrogen-bond donors (Lipinski definition) is 5. The van der Waals surface area contributed by atoms with Crippen molar-refractivity contribution in [2.75, 3.05) is 6.61 Å². The third-order valence-corrected chi connectivity index (χ3v) is 1.50. The number of hydrogen-bond acceptors (Lipinski definition) is 7. The molecule has 0 spiro atoms. The molecule has 0 saturated carbocycles. The average Bonchev–Trinajstić information content (AvgIpc) is 2.12. The molecule has 0 rings (SSSR count). The van der Waals surface area contributed by atoms with Crippen molar-refractivity contribution in [1.29, 1.82) is 0 Å². The van der Waals surface area contributed by atoms with Crippen molar-refractivity contribution in [3.05, 3.63) is 0 Å². The van der Waals surface area contributed by atoms with E-state index in [1.54, 1.807) is 0 Å². The molecule has 0 radical (unpaired) electrons. The summed E-state index contributed by atoms with van der Waals surface area (Å²) in [6, 6.07) is 0. The molecular weight excluding hydrogens is 381 g/mol. The van der Waals surface area contributed by atoms with Gasteiger partial charge in [0.25, 0.3) is 0 Å². The Morgan fingerprint density at radius 2 is 1.57 bits per heavy atom. The summed E-state index contributed by atoms with van der Waals surface area (Å²) in [7, 11) is 0. The Labute approximate surface area is 95.1 Å². The number of aliphatic hydroxyl groups excluding tert-OH is 5. The first-order chi connectivity index (χ1) is 5.91. The van der Waals surface area contributed by atoms with Crippen LogP contribution < -0.4 is 5.11 Å². The third-order valence-electron chi connectivity index (χ3n) is 1.50. The summed E-state index contributed by atoms with van der Waals surface area (Å²) in [6.07, 6.45) is -8.08. The number of carboxylic acids is 1. The van der Waals surface area contributed by atoms with Crippen LogP contribution in [0.2, 0.25) is 0 Å². The third kappa shape index (κ3) is 4.49. The van der Waals surface area contributed by atoms with Gasteiger partial charge in [-0.15, -0.1) is 0 Å². The molecule has 0 heterocycles. The number of rotatable bonds is 5. The normalized spacial score (nSPS) is 18.9. The predicted octanol–water partition coefficient (Wildman–Crippen LogP) is -4.83. The SMILES string of the molecule is O=C([O-])[C@H](O)[C@@H](O)[C@H](O)[C@H](O)CO.[Au+]. The van der Waals surface area contributed by atoms with Crippen LogP contribution in [-0.2, 0) is 27.2 Å². The molecule has 8 heteroatoms. The molecule has 0 aromatic heterocycles. The Morgan fingerprint density at radius 1 is 1.14 bits per heavy atom. The van der Waals surface area contributed by atoms with E-state index in [1.165, 1.54) is 0 Å². The van der Waals surface area contributed by atoms with Crippen LogP contribution in [0.5, 0.6) is 0 Å². The van der Waals surface area contributed by atoms with Gasteiger partial charge in [-0.1, -0.05) is 0 Å². The van der Waals surface area contributed by atoms with Gasteiger partial charge in [0.1, 0.15) is 24.4 Å². The molecule has 0 aromatic carbocycles. The molecule has 5 N–H and O–H groups in total. The smallest absolute Gasteiger partial charge is 0.547 e. The maximum atomic E-state index is 9.98. The first-order valence-corrected chi connectivity index (χ1v) is 3.45. The maximum absolute atomic E-state index is 9.98. The van der Waals surface area contributed by atoms with E-state index in [0.29, 0.717) is 0 Å². The summed E-state index contributed by atoms with van der Waals surface area (Å²) in [5.74, 6) is -1.98. The molecule has 0 amide bonds. The van der Waals surface area contributed by atoms with Gasteiger partial charge in [-0.05, 0) is 0 Å². The summed E-state index contributed by atoms with van der Waals surface area (Å²) in [6.45, 7) is -0.863. The van der Waals surface area contributed by atoms with E-state index in [1.807, 2.05) is 0 Å². The van der Waals surface area contributed by atoms with Crippen LogP contribution in [0, 0.1) is 0 Å². The van der Waals surface area contributed by atoms with Gasteiger partial charge in [-0.25, -0.2) is 0 Å². The van der Waals surface area contributed by atoms with Gasteiger partial charge >= 0.3 is 22.4 Å². The van der Waals surface area contributed by atoms with Crippen LogP contribution in [-0.4, -0.2) is 62.5 Å². The summed E-state index contributed by atoms with van der Waals surface area (Å²) in [5.41, 5.74) is 0. The fourth-order valence-corrected chi connectivity index (χ4v) is 0.662.